The molecule has 0 aliphatic heterocycles. The van der Waals surface area contributed by atoms with Crippen LogP contribution in [-0.2, 0) is 13.1 Å². The molecule has 4 aromatic rings. The Hall–Kier alpha value is -3.67. The third-order valence-electron chi connectivity index (χ3n) is 5.50. The third-order valence-corrected chi connectivity index (χ3v) is 5.50. The van der Waals surface area contributed by atoms with Crippen molar-refractivity contribution >= 4 is 16.9 Å². The normalized spacial score (nSPS) is 11.0. The van der Waals surface area contributed by atoms with Gasteiger partial charge in [0.25, 0.3) is 5.91 Å². The van der Waals surface area contributed by atoms with Gasteiger partial charge in [0.05, 0.1) is 24.2 Å². The van der Waals surface area contributed by atoms with Gasteiger partial charge in [-0.3, -0.25) is 9.78 Å². The van der Waals surface area contributed by atoms with Crippen LogP contribution in [0.25, 0.3) is 11.0 Å². The number of carbonyl (C=O) groups excluding carboxylic acids is 1. The fourth-order valence-electron chi connectivity index (χ4n) is 3.86. The van der Waals surface area contributed by atoms with E-state index in [1.165, 1.54) is 5.56 Å². The van der Waals surface area contributed by atoms with E-state index in [2.05, 4.69) is 41.6 Å². The molecule has 0 atom stereocenters. The number of pyridine rings is 1. The second-order valence-corrected chi connectivity index (χ2v) is 8.04. The summed E-state index contributed by atoms with van der Waals surface area (Å²) in [5.41, 5.74) is 5.00. The van der Waals surface area contributed by atoms with Gasteiger partial charge in [-0.1, -0.05) is 29.8 Å². The molecule has 6 nitrogen and oxygen atoms in total. The predicted molar refractivity (Wildman–Crippen MR) is 126 cm³/mol. The number of hydrogen-bond acceptors (Lipinski definition) is 4. The molecule has 164 valence electrons. The molecule has 0 spiro atoms. The summed E-state index contributed by atoms with van der Waals surface area (Å²) in [7, 11) is 1.80. The highest BCUT2D eigenvalue weighted by Gasteiger charge is 2.17. The van der Waals surface area contributed by atoms with Gasteiger partial charge in [-0.05, 0) is 56.2 Å². The van der Waals surface area contributed by atoms with E-state index >= 15 is 0 Å². The summed E-state index contributed by atoms with van der Waals surface area (Å²) in [6.07, 6.45) is 4.10. The van der Waals surface area contributed by atoms with Gasteiger partial charge >= 0.3 is 0 Å². The smallest absolute Gasteiger partial charge is 0.254 e. The van der Waals surface area contributed by atoms with Gasteiger partial charge in [-0.2, -0.15) is 0 Å². The van der Waals surface area contributed by atoms with Crippen LogP contribution in [0.5, 0.6) is 5.75 Å². The molecule has 0 N–H and O–H groups in total. The minimum Gasteiger partial charge on any atom is -0.493 e. The average molecular weight is 429 g/mol. The van der Waals surface area contributed by atoms with Crippen LogP contribution in [0.1, 0.15) is 33.7 Å². The Morgan fingerprint density at radius 1 is 1.06 bits per heavy atom. The molecule has 32 heavy (non-hydrogen) atoms. The van der Waals surface area contributed by atoms with Crippen molar-refractivity contribution in [3.05, 3.63) is 89.5 Å². The van der Waals surface area contributed by atoms with Crippen LogP contribution < -0.4 is 4.74 Å². The van der Waals surface area contributed by atoms with E-state index in [9.17, 15) is 4.79 Å². The second kappa shape index (κ2) is 9.64. The minimum absolute atomic E-state index is 0.0517. The van der Waals surface area contributed by atoms with Crippen LogP contribution in [0, 0.1) is 13.8 Å². The summed E-state index contributed by atoms with van der Waals surface area (Å²) < 4.78 is 8.21. The number of imidazole rings is 1. The lowest BCUT2D eigenvalue weighted by Gasteiger charge is -2.18. The lowest BCUT2D eigenvalue weighted by atomic mass is 10.1. The number of fused-ring (bicyclic) bond motifs is 1. The lowest BCUT2D eigenvalue weighted by Crippen LogP contribution is -2.28. The number of nitrogens with zero attached hydrogens (tertiary/aromatic N) is 4. The number of amides is 1. The zero-order chi connectivity index (χ0) is 22.5. The number of hydrogen-bond donors (Lipinski definition) is 0. The Bertz CT molecular complexity index is 1220. The topological polar surface area (TPSA) is 60.2 Å². The average Bonchev–Trinajstić information content (AvgIpc) is 3.14. The molecular formula is C26H28N4O2. The highest BCUT2D eigenvalue weighted by atomic mass is 16.5. The van der Waals surface area contributed by atoms with Crippen LogP contribution in [-0.4, -0.2) is 39.0 Å². The van der Waals surface area contributed by atoms with Crippen molar-refractivity contribution in [3.8, 4) is 5.75 Å². The minimum atomic E-state index is -0.0517. The van der Waals surface area contributed by atoms with Crippen molar-refractivity contribution in [2.75, 3.05) is 13.7 Å². The standard InChI is InChI=1S/C26H28N4O2/c1-19-9-10-24(20(2)17-19)32-16-6-15-30-23-8-5-4-7-22(23)28-25(30)18-29(3)26(31)21-11-13-27-14-12-21/h4-5,7-14,17H,6,15-16,18H2,1-3H3. The molecule has 4 rings (SSSR count). The van der Waals surface area contributed by atoms with Gasteiger partial charge in [0, 0.05) is 31.5 Å². The van der Waals surface area contributed by atoms with Crippen molar-refractivity contribution in [1.82, 2.24) is 19.4 Å². The van der Waals surface area contributed by atoms with Gasteiger partial charge in [0.1, 0.15) is 11.6 Å². The fraction of sp³-hybridized carbons (Fsp3) is 0.269. The molecule has 2 aromatic carbocycles. The van der Waals surface area contributed by atoms with E-state index in [4.69, 9.17) is 9.72 Å². The summed E-state index contributed by atoms with van der Waals surface area (Å²) in [6.45, 7) is 5.95. The number of aromatic nitrogens is 3. The SMILES string of the molecule is Cc1ccc(OCCCn2c(CN(C)C(=O)c3ccncc3)nc3ccccc32)c(C)c1. The van der Waals surface area contributed by atoms with E-state index in [1.807, 2.05) is 24.3 Å². The van der Waals surface area contributed by atoms with Gasteiger partial charge in [-0.25, -0.2) is 4.98 Å². The van der Waals surface area contributed by atoms with Crippen molar-refractivity contribution in [1.29, 1.82) is 0 Å². The Morgan fingerprint density at radius 2 is 1.84 bits per heavy atom. The number of carbonyl (C=O) groups is 1. The molecule has 0 radical (unpaired) electrons. The van der Waals surface area contributed by atoms with Crippen molar-refractivity contribution in [2.24, 2.45) is 0 Å². The van der Waals surface area contributed by atoms with Crippen LogP contribution in [0.2, 0.25) is 0 Å². The lowest BCUT2D eigenvalue weighted by molar-refractivity contribution is 0.0780. The fourth-order valence-corrected chi connectivity index (χ4v) is 3.86. The summed E-state index contributed by atoms with van der Waals surface area (Å²) >= 11 is 0. The monoisotopic (exact) mass is 428 g/mol. The van der Waals surface area contributed by atoms with Crippen molar-refractivity contribution in [3.63, 3.8) is 0 Å². The van der Waals surface area contributed by atoms with Crippen LogP contribution in [0.15, 0.2) is 67.0 Å². The number of rotatable bonds is 8. The molecule has 0 aliphatic carbocycles. The quantitative estimate of drug-likeness (QED) is 0.379. The van der Waals surface area contributed by atoms with E-state index in [0.29, 0.717) is 18.7 Å². The molecule has 0 saturated heterocycles. The first-order valence-electron chi connectivity index (χ1n) is 10.8. The maximum Gasteiger partial charge on any atom is 0.254 e. The molecule has 0 unspecified atom stereocenters. The molecule has 6 heteroatoms. The Morgan fingerprint density at radius 3 is 2.62 bits per heavy atom. The number of ether oxygens (including phenoxy) is 1. The van der Waals surface area contributed by atoms with E-state index in [0.717, 1.165) is 41.1 Å². The van der Waals surface area contributed by atoms with E-state index in [1.54, 1.807) is 36.5 Å². The zero-order valence-corrected chi connectivity index (χ0v) is 18.8. The highest BCUT2D eigenvalue weighted by molar-refractivity contribution is 5.93. The van der Waals surface area contributed by atoms with Crippen molar-refractivity contribution < 1.29 is 9.53 Å². The van der Waals surface area contributed by atoms with E-state index < -0.39 is 0 Å². The molecule has 1 amide bonds. The molecule has 0 aliphatic rings. The molecular weight excluding hydrogens is 400 g/mol. The van der Waals surface area contributed by atoms with Gasteiger partial charge in [0.15, 0.2) is 0 Å². The Labute approximate surface area is 188 Å². The Kier molecular flexibility index (Phi) is 6.50. The maximum atomic E-state index is 12.8. The number of benzene rings is 2. The molecule has 2 heterocycles. The van der Waals surface area contributed by atoms with Crippen LogP contribution in [0.3, 0.4) is 0 Å². The molecule has 0 bridgehead atoms. The van der Waals surface area contributed by atoms with Gasteiger partial charge < -0.3 is 14.2 Å². The number of para-hydroxylation sites is 2. The van der Waals surface area contributed by atoms with Gasteiger partial charge in [-0.15, -0.1) is 0 Å². The van der Waals surface area contributed by atoms with E-state index in [-0.39, 0.29) is 5.91 Å². The van der Waals surface area contributed by atoms with Gasteiger partial charge in [0.2, 0.25) is 0 Å². The molecule has 0 fully saturated rings. The Balaban J connectivity index is 1.47. The molecule has 2 aromatic heterocycles. The summed E-state index contributed by atoms with van der Waals surface area (Å²) in [4.78, 5) is 23.3. The van der Waals surface area contributed by atoms with Crippen LogP contribution in [0.4, 0.5) is 0 Å². The maximum absolute atomic E-state index is 12.8. The molecule has 0 saturated carbocycles. The highest BCUT2D eigenvalue weighted by Crippen LogP contribution is 2.21. The summed E-state index contributed by atoms with van der Waals surface area (Å²) in [5.74, 6) is 1.74. The first-order valence-corrected chi connectivity index (χ1v) is 10.8. The predicted octanol–water partition coefficient (Wildman–Crippen LogP) is 4.79. The zero-order valence-electron chi connectivity index (χ0n) is 18.8. The second-order valence-electron chi connectivity index (χ2n) is 8.04. The first kappa shape index (κ1) is 21.6. The third kappa shape index (κ3) is 4.80. The largest absolute Gasteiger partial charge is 0.493 e. The van der Waals surface area contributed by atoms with Crippen molar-refractivity contribution in [2.45, 2.75) is 33.4 Å². The summed E-state index contributed by atoms with van der Waals surface area (Å²) in [5, 5.41) is 0. The summed E-state index contributed by atoms with van der Waals surface area (Å²) in [6, 6.07) is 17.8. The first-order chi connectivity index (χ1) is 15.5. The van der Waals surface area contributed by atoms with Crippen LogP contribution >= 0.6 is 0 Å². The number of aryl methyl sites for hydroxylation is 3.